The first kappa shape index (κ1) is 26.7. The van der Waals surface area contributed by atoms with Crippen LogP contribution in [0.3, 0.4) is 0 Å². The second-order valence-electron chi connectivity index (χ2n) is 8.00. The Kier molecular flexibility index (Phi) is 8.65. The van der Waals surface area contributed by atoms with Gasteiger partial charge < -0.3 is 23.7 Å². The summed E-state index contributed by atoms with van der Waals surface area (Å²) in [6.45, 7) is 4.92. The van der Waals surface area contributed by atoms with Gasteiger partial charge in [0.1, 0.15) is 17.9 Å². The van der Waals surface area contributed by atoms with Crippen molar-refractivity contribution in [1.29, 1.82) is 0 Å². The van der Waals surface area contributed by atoms with Crippen molar-refractivity contribution in [3.63, 3.8) is 0 Å². The highest BCUT2D eigenvalue weighted by molar-refractivity contribution is 9.10. The minimum Gasteiger partial charge on any atom is -0.494 e. The molecular weight excluding hydrogens is 556 g/mol. The largest absolute Gasteiger partial charge is 0.494 e. The number of hydrogen-bond donors (Lipinski definition) is 2. The van der Waals surface area contributed by atoms with E-state index in [1.165, 1.54) is 18.3 Å². The molecule has 0 saturated heterocycles. The van der Waals surface area contributed by atoms with Crippen LogP contribution in [0.4, 0.5) is 0 Å². The van der Waals surface area contributed by atoms with Crippen molar-refractivity contribution >= 4 is 45.0 Å². The zero-order chi connectivity index (χ0) is 27.1. The van der Waals surface area contributed by atoms with Crippen molar-refractivity contribution in [2.24, 2.45) is 5.10 Å². The van der Waals surface area contributed by atoms with Crippen LogP contribution in [0.25, 0.3) is 11.0 Å². The van der Waals surface area contributed by atoms with Crippen molar-refractivity contribution in [2.75, 3.05) is 13.2 Å². The third-order valence-corrected chi connectivity index (χ3v) is 5.91. The highest BCUT2D eigenvalue weighted by Gasteiger charge is 2.14. The normalized spacial score (nSPS) is 11.0. The molecule has 9 nitrogen and oxygen atoms in total. The molecule has 0 fully saturated rings. The minimum atomic E-state index is -0.985. The molecule has 4 aromatic rings. The molecule has 0 saturated carbocycles. The van der Waals surface area contributed by atoms with Crippen LogP contribution in [-0.4, -0.2) is 36.4 Å². The van der Waals surface area contributed by atoms with E-state index in [1.807, 2.05) is 19.9 Å². The fourth-order valence-corrected chi connectivity index (χ4v) is 4.15. The molecule has 0 aliphatic rings. The summed E-state index contributed by atoms with van der Waals surface area (Å²) in [6, 6.07) is 16.9. The standard InChI is InChI=1S/C28H25BrN2O7/c1-3-35-21-9-10-23-20(13-21)14-25(38-23)27(32)31-30-15-18-11-22(29)26(24(12-18)36-4-2)37-16-17-5-7-19(8-6-17)28(33)34/h5-15H,3-4,16H2,1-2H3,(H,31,32)(H,33,34)/b30-15+. The quantitative estimate of drug-likeness (QED) is 0.164. The number of carboxylic acids is 1. The van der Waals surface area contributed by atoms with Crippen LogP contribution in [0.2, 0.25) is 0 Å². The molecule has 196 valence electrons. The van der Waals surface area contributed by atoms with Crippen LogP contribution in [-0.2, 0) is 6.61 Å². The van der Waals surface area contributed by atoms with E-state index < -0.39 is 11.9 Å². The molecule has 0 aliphatic carbocycles. The lowest BCUT2D eigenvalue weighted by Gasteiger charge is -2.14. The SMILES string of the molecule is CCOc1ccc2oc(C(=O)N/N=C/c3cc(Br)c(OCc4ccc(C(=O)O)cc4)c(OCC)c3)cc2c1. The minimum absolute atomic E-state index is 0.127. The molecule has 2 N–H and O–H groups in total. The predicted molar refractivity (Wildman–Crippen MR) is 145 cm³/mol. The van der Waals surface area contributed by atoms with Gasteiger partial charge in [0, 0.05) is 5.39 Å². The number of carboxylic acid groups (broad SMARTS) is 1. The monoisotopic (exact) mass is 580 g/mol. The molecule has 0 spiro atoms. The summed E-state index contributed by atoms with van der Waals surface area (Å²) in [6.07, 6.45) is 1.48. The van der Waals surface area contributed by atoms with Crippen LogP contribution in [0, 0.1) is 0 Å². The number of halogens is 1. The van der Waals surface area contributed by atoms with Gasteiger partial charge in [-0.05, 0) is 89.4 Å². The van der Waals surface area contributed by atoms with E-state index in [0.29, 0.717) is 46.1 Å². The van der Waals surface area contributed by atoms with E-state index in [0.717, 1.165) is 10.9 Å². The smallest absolute Gasteiger partial charge is 0.335 e. The molecule has 0 bridgehead atoms. The molecule has 1 aromatic heterocycles. The molecular formula is C28H25BrN2O7. The lowest BCUT2D eigenvalue weighted by atomic mass is 10.1. The Hall–Kier alpha value is -4.31. The molecule has 3 aromatic carbocycles. The second kappa shape index (κ2) is 12.3. The molecule has 4 rings (SSSR count). The maximum Gasteiger partial charge on any atom is 0.335 e. The average molecular weight is 581 g/mol. The Bertz CT molecular complexity index is 1480. The van der Waals surface area contributed by atoms with Gasteiger partial charge in [-0.1, -0.05) is 12.1 Å². The van der Waals surface area contributed by atoms with Gasteiger partial charge in [-0.15, -0.1) is 0 Å². The molecule has 38 heavy (non-hydrogen) atoms. The maximum absolute atomic E-state index is 12.5. The summed E-state index contributed by atoms with van der Waals surface area (Å²) in [5.74, 6) is 0.324. The number of nitrogens with one attached hydrogen (secondary N) is 1. The predicted octanol–water partition coefficient (Wildman–Crippen LogP) is 6.03. The zero-order valence-electron chi connectivity index (χ0n) is 20.7. The van der Waals surface area contributed by atoms with Gasteiger partial charge in [0.2, 0.25) is 0 Å². The maximum atomic E-state index is 12.5. The van der Waals surface area contributed by atoms with Gasteiger partial charge in [-0.25, -0.2) is 10.2 Å². The van der Waals surface area contributed by atoms with Crippen LogP contribution in [0.1, 0.15) is 45.9 Å². The topological polar surface area (TPSA) is 120 Å². The van der Waals surface area contributed by atoms with Gasteiger partial charge in [-0.3, -0.25) is 4.79 Å². The van der Waals surface area contributed by atoms with Crippen molar-refractivity contribution < 1.29 is 33.3 Å². The number of furan rings is 1. The number of aromatic carboxylic acids is 1. The van der Waals surface area contributed by atoms with E-state index in [2.05, 4.69) is 26.5 Å². The number of benzene rings is 3. The number of hydrazone groups is 1. The molecule has 0 atom stereocenters. The third kappa shape index (κ3) is 6.51. The first-order valence-corrected chi connectivity index (χ1v) is 12.6. The number of amides is 1. The van der Waals surface area contributed by atoms with Gasteiger partial charge >= 0.3 is 11.9 Å². The highest BCUT2D eigenvalue weighted by atomic mass is 79.9. The lowest BCUT2D eigenvalue weighted by molar-refractivity contribution is 0.0696. The van der Waals surface area contributed by atoms with Gasteiger partial charge in [0.05, 0.1) is 29.5 Å². The fraction of sp³-hybridized carbons (Fsp3) is 0.179. The first-order chi connectivity index (χ1) is 18.4. The van der Waals surface area contributed by atoms with Crippen molar-refractivity contribution in [3.8, 4) is 17.2 Å². The number of nitrogens with zero attached hydrogens (tertiary/aromatic N) is 1. The van der Waals surface area contributed by atoms with E-state index in [-0.39, 0.29) is 17.9 Å². The van der Waals surface area contributed by atoms with Gasteiger partial charge in [-0.2, -0.15) is 5.10 Å². The van der Waals surface area contributed by atoms with E-state index >= 15 is 0 Å². The molecule has 10 heteroatoms. The lowest BCUT2D eigenvalue weighted by Crippen LogP contribution is -2.16. The van der Waals surface area contributed by atoms with Crippen molar-refractivity contribution in [3.05, 3.63) is 87.6 Å². The number of fused-ring (bicyclic) bond motifs is 1. The molecule has 0 radical (unpaired) electrons. The number of ether oxygens (including phenoxy) is 3. The van der Waals surface area contributed by atoms with E-state index in [4.69, 9.17) is 23.7 Å². The Morgan fingerprint density at radius 2 is 1.76 bits per heavy atom. The van der Waals surface area contributed by atoms with Gasteiger partial charge in [0.25, 0.3) is 0 Å². The fourth-order valence-electron chi connectivity index (χ4n) is 3.57. The number of carbonyl (C=O) groups is 2. The van der Waals surface area contributed by atoms with Crippen LogP contribution < -0.4 is 19.6 Å². The van der Waals surface area contributed by atoms with Crippen molar-refractivity contribution in [2.45, 2.75) is 20.5 Å². The summed E-state index contributed by atoms with van der Waals surface area (Å²) in [7, 11) is 0. The molecule has 1 amide bonds. The summed E-state index contributed by atoms with van der Waals surface area (Å²) in [5, 5.41) is 13.9. The number of rotatable bonds is 11. The van der Waals surface area contributed by atoms with Crippen LogP contribution in [0.15, 0.2) is 74.7 Å². The molecule has 1 heterocycles. The number of hydrogen-bond acceptors (Lipinski definition) is 7. The van der Waals surface area contributed by atoms with E-state index in [1.54, 1.807) is 42.5 Å². The molecule has 0 unspecified atom stereocenters. The second-order valence-corrected chi connectivity index (χ2v) is 8.85. The molecule has 0 aliphatic heterocycles. The Balaban J connectivity index is 1.44. The zero-order valence-corrected chi connectivity index (χ0v) is 22.3. The van der Waals surface area contributed by atoms with E-state index in [9.17, 15) is 9.59 Å². The number of carbonyl (C=O) groups excluding carboxylic acids is 1. The van der Waals surface area contributed by atoms with Crippen LogP contribution >= 0.6 is 15.9 Å². The summed E-state index contributed by atoms with van der Waals surface area (Å²) < 4.78 is 23.4. The summed E-state index contributed by atoms with van der Waals surface area (Å²) in [4.78, 5) is 23.6. The van der Waals surface area contributed by atoms with Crippen molar-refractivity contribution in [1.82, 2.24) is 5.43 Å². The van der Waals surface area contributed by atoms with Crippen LogP contribution in [0.5, 0.6) is 17.2 Å². The summed E-state index contributed by atoms with van der Waals surface area (Å²) in [5.41, 5.74) is 4.71. The average Bonchev–Trinajstić information content (AvgIpc) is 3.32. The van der Waals surface area contributed by atoms with Gasteiger partial charge in [0.15, 0.2) is 17.3 Å². The Labute approximate surface area is 227 Å². The third-order valence-electron chi connectivity index (χ3n) is 5.32. The first-order valence-electron chi connectivity index (χ1n) is 11.8. The Morgan fingerprint density at radius 3 is 2.47 bits per heavy atom. The highest BCUT2D eigenvalue weighted by Crippen LogP contribution is 2.37. The Morgan fingerprint density at radius 1 is 1.00 bits per heavy atom. The summed E-state index contributed by atoms with van der Waals surface area (Å²) >= 11 is 3.51.